The SMILES string of the molecule is Cc1nc(-c2cncn2C)nc(C)c1CCNCC(C)C. The van der Waals surface area contributed by atoms with Gasteiger partial charge in [0.1, 0.15) is 5.69 Å². The first kappa shape index (κ1) is 15.6. The minimum Gasteiger partial charge on any atom is -0.331 e. The van der Waals surface area contributed by atoms with E-state index in [1.54, 1.807) is 12.5 Å². The number of nitrogens with one attached hydrogen (secondary N) is 1. The normalized spacial score (nSPS) is 11.3. The van der Waals surface area contributed by atoms with Crippen LogP contribution in [0.5, 0.6) is 0 Å². The van der Waals surface area contributed by atoms with Gasteiger partial charge in [0.25, 0.3) is 0 Å². The van der Waals surface area contributed by atoms with E-state index in [1.807, 2.05) is 11.6 Å². The van der Waals surface area contributed by atoms with Gasteiger partial charge in [0.2, 0.25) is 0 Å². The number of aryl methyl sites for hydroxylation is 3. The van der Waals surface area contributed by atoms with Crippen molar-refractivity contribution in [2.24, 2.45) is 13.0 Å². The largest absolute Gasteiger partial charge is 0.331 e. The summed E-state index contributed by atoms with van der Waals surface area (Å²) in [5.41, 5.74) is 4.32. The van der Waals surface area contributed by atoms with Crippen molar-refractivity contribution in [1.29, 1.82) is 0 Å². The standard InChI is InChI=1S/C16H25N5/c1-11(2)8-17-7-6-14-12(3)19-16(20-13(14)4)15-9-18-10-21(15)5/h9-11,17H,6-8H2,1-5H3. The zero-order valence-electron chi connectivity index (χ0n) is 13.6. The van der Waals surface area contributed by atoms with Gasteiger partial charge in [0, 0.05) is 18.4 Å². The van der Waals surface area contributed by atoms with Crippen LogP contribution in [0.2, 0.25) is 0 Å². The fourth-order valence-corrected chi connectivity index (χ4v) is 2.39. The van der Waals surface area contributed by atoms with Crippen LogP contribution in [-0.2, 0) is 13.5 Å². The highest BCUT2D eigenvalue weighted by Crippen LogP contribution is 2.18. The summed E-state index contributed by atoms with van der Waals surface area (Å²) in [5.74, 6) is 1.43. The molecule has 0 aromatic carbocycles. The Balaban J connectivity index is 2.12. The van der Waals surface area contributed by atoms with Crippen LogP contribution in [0.4, 0.5) is 0 Å². The van der Waals surface area contributed by atoms with Gasteiger partial charge in [-0.25, -0.2) is 15.0 Å². The lowest BCUT2D eigenvalue weighted by atomic mass is 10.1. The lowest BCUT2D eigenvalue weighted by Gasteiger charge is -2.12. The number of hydrogen-bond acceptors (Lipinski definition) is 4. The molecular weight excluding hydrogens is 262 g/mol. The Kier molecular flexibility index (Phi) is 5.07. The molecule has 2 heterocycles. The molecule has 0 spiro atoms. The third kappa shape index (κ3) is 3.88. The third-order valence-corrected chi connectivity index (χ3v) is 3.57. The fraction of sp³-hybridized carbons (Fsp3) is 0.562. The maximum Gasteiger partial charge on any atom is 0.178 e. The van der Waals surface area contributed by atoms with Crippen molar-refractivity contribution in [2.45, 2.75) is 34.1 Å². The van der Waals surface area contributed by atoms with Gasteiger partial charge in [-0.15, -0.1) is 0 Å². The average molecular weight is 287 g/mol. The van der Waals surface area contributed by atoms with Crippen molar-refractivity contribution in [3.05, 3.63) is 29.5 Å². The van der Waals surface area contributed by atoms with E-state index < -0.39 is 0 Å². The summed E-state index contributed by atoms with van der Waals surface area (Å²) < 4.78 is 1.94. The van der Waals surface area contributed by atoms with Crippen LogP contribution in [0.25, 0.3) is 11.5 Å². The molecule has 0 fully saturated rings. The summed E-state index contributed by atoms with van der Waals surface area (Å²) in [7, 11) is 1.96. The summed E-state index contributed by atoms with van der Waals surface area (Å²) in [6.07, 6.45) is 4.54. The number of imidazole rings is 1. The van der Waals surface area contributed by atoms with Gasteiger partial charge in [-0.3, -0.25) is 0 Å². The topological polar surface area (TPSA) is 55.6 Å². The Bertz CT molecular complexity index is 577. The highest BCUT2D eigenvalue weighted by Gasteiger charge is 2.12. The van der Waals surface area contributed by atoms with Crippen LogP contribution in [0.15, 0.2) is 12.5 Å². The molecule has 0 radical (unpaired) electrons. The Morgan fingerprint density at radius 1 is 1.19 bits per heavy atom. The molecule has 2 rings (SSSR count). The number of nitrogens with zero attached hydrogens (tertiary/aromatic N) is 4. The zero-order chi connectivity index (χ0) is 15.4. The first-order chi connectivity index (χ1) is 9.99. The Morgan fingerprint density at radius 2 is 1.86 bits per heavy atom. The van der Waals surface area contributed by atoms with Gasteiger partial charge >= 0.3 is 0 Å². The molecule has 5 nitrogen and oxygen atoms in total. The molecule has 114 valence electrons. The number of rotatable bonds is 6. The lowest BCUT2D eigenvalue weighted by molar-refractivity contribution is 0.553. The smallest absolute Gasteiger partial charge is 0.178 e. The van der Waals surface area contributed by atoms with Gasteiger partial charge in [0.05, 0.1) is 12.5 Å². The minimum atomic E-state index is 0.677. The molecule has 0 amide bonds. The summed E-state index contributed by atoms with van der Waals surface area (Å²) in [5, 5.41) is 3.47. The summed E-state index contributed by atoms with van der Waals surface area (Å²) in [4.78, 5) is 13.4. The van der Waals surface area contributed by atoms with E-state index in [1.165, 1.54) is 5.56 Å². The molecule has 2 aromatic heterocycles. The van der Waals surface area contributed by atoms with E-state index in [4.69, 9.17) is 0 Å². The van der Waals surface area contributed by atoms with Crippen LogP contribution in [0.3, 0.4) is 0 Å². The van der Waals surface area contributed by atoms with Gasteiger partial charge in [-0.1, -0.05) is 13.8 Å². The average Bonchev–Trinajstić information content (AvgIpc) is 2.82. The predicted octanol–water partition coefficient (Wildman–Crippen LogP) is 2.28. The Labute approximate surface area is 126 Å². The van der Waals surface area contributed by atoms with Crippen LogP contribution in [-0.4, -0.2) is 32.6 Å². The molecular formula is C16H25N5. The van der Waals surface area contributed by atoms with Crippen LogP contribution < -0.4 is 5.32 Å². The first-order valence-electron chi connectivity index (χ1n) is 7.50. The van der Waals surface area contributed by atoms with Gasteiger partial charge in [0.15, 0.2) is 5.82 Å². The summed E-state index contributed by atoms with van der Waals surface area (Å²) in [6.45, 7) is 10.6. The van der Waals surface area contributed by atoms with E-state index in [2.05, 4.69) is 48.0 Å². The molecule has 2 aromatic rings. The van der Waals surface area contributed by atoms with Crippen LogP contribution in [0, 0.1) is 19.8 Å². The molecule has 0 aliphatic rings. The Hall–Kier alpha value is -1.75. The number of aromatic nitrogens is 4. The van der Waals surface area contributed by atoms with E-state index >= 15 is 0 Å². The molecule has 0 aliphatic heterocycles. The number of hydrogen-bond donors (Lipinski definition) is 1. The van der Waals surface area contributed by atoms with Crippen molar-refractivity contribution >= 4 is 0 Å². The highest BCUT2D eigenvalue weighted by molar-refractivity contribution is 5.50. The van der Waals surface area contributed by atoms with E-state index in [-0.39, 0.29) is 0 Å². The molecule has 0 saturated carbocycles. The third-order valence-electron chi connectivity index (χ3n) is 3.57. The maximum atomic E-state index is 4.65. The first-order valence-corrected chi connectivity index (χ1v) is 7.50. The second-order valence-electron chi connectivity index (χ2n) is 5.93. The molecule has 0 aliphatic carbocycles. The predicted molar refractivity (Wildman–Crippen MR) is 85.1 cm³/mol. The van der Waals surface area contributed by atoms with Crippen molar-refractivity contribution in [2.75, 3.05) is 13.1 Å². The lowest BCUT2D eigenvalue weighted by Crippen LogP contribution is -2.23. The molecule has 21 heavy (non-hydrogen) atoms. The van der Waals surface area contributed by atoms with E-state index in [0.717, 1.165) is 42.4 Å². The second kappa shape index (κ2) is 6.80. The highest BCUT2D eigenvalue weighted by atomic mass is 15.1. The Morgan fingerprint density at radius 3 is 2.38 bits per heavy atom. The molecule has 1 N–H and O–H groups in total. The van der Waals surface area contributed by atoms with Gasteiger partial charge in [-0.05, 0) is 44.8 Å². The van der Waals surface area contributed by atoms with Crippen molar-refractivity contribution < 1.29 is 0 Å². The molecule has 0 saturated heterocycles. The van der Waals surface area contributed by atoms with E-state index in [0.29, 0.717) is 5.92 Å². The summed E-state index contributed by atoms with van der Waals surface area (Å²) in [6, 6.07) is 0. The minimum absolute atomic E-state index is 0.677. The van der Waals surface area contributed by atoms with Gasteiger partial charge in [-0.2, -0.15) is 0 Å². The van der Waals surface area contributed by atoms with Crippen molar-refractivity contribution in [3.63, 3.8) is 0 Å². The van der Waals surface area contributed by atoms with Crippen molar-refractivity contribution in [3.8, 4) is 11.5 Å². The second-order valence-corrected chi connectivity index (χ2v) is 5.93. The van der Waals surface area contributed by atoms with E-state index in [9.17, 15) is 0 Å². The molecule has 5 heteroatoms. The quantitative estimate of drug-likeness (QED) is 0.828. The molecule has 0 atom stereocenters. The zero-order valence-corrected chi connectivity index (χ0v) is 13.6. The molecule has 0 unspecified atom stereocenters. The monoisotopic (exact) mass is 287 g/mol. The van der Waals surface area contributed by atoms with Crippen LogP contribution in [0.1, 0.15) is 30.8 Å². The summed E-state index contributed by atoms with van der Waals surface area (Å²) >= 11 is 0. The van der Waals surface area contributed by atoms with Crippen LogP contribution >= 0.6 is 0 Å². The van der Waals surface area contributed by atoms with Gasteiger partial charge < -0.3 is 9.88 Å². The fourth-order valence-electron chi connectivity index (χ4n) is 2.39. The van der Waals surface area contributed by atoms with Crippen molar-refractivity contribution in [1.82, 2.24) is 24.8 Å². The maximum absolute atomic E-state index is 4.65. The molecule has 0 bridgehead atoms.